The molecule has 0 amide bonds. The Hall–Kier alpha value is -0.590. The second kappa shape index (κ2) is 3.77. The molecule has 2 rings (SSSR count). The molecule has 0 N–H and O–H groups in total. The van der Waals surface area contributed by atoms with Crippen LogP contribution in [0.1, 0.15) is 59.3 Å². The molecule has 0 aromatic carbocycles. The summed E-state index contributed by atoms with van der Waals surface area (Å²) in [5.41, 5.74) is 2.91. The molecule has 0 saturated heterocycles. The van der Waals surface area contributed by atoms with Gasteiger partial charge in [0.05, 0.1) is 0 Å². The predicted octanol–water partition coefficient (Wildman–Crippen LogP) is 3.88. The summed E-state index contributed by atoms with van der Waals surface area (Å²) in [6.07, 6.45) is 6.94. The Labute approximate surface area is 92.9 Å². The summed E-state index contributed by atoms with van der Waals surface area (Å²) in [5.74, 6) is 1.06. The van der Waals surface area contributed by atoms with E-state index in [-0.39, 0.29) is 5.41 Å². The van der Waals surface area contributed by atoms with Gasteiger partial charge in [-0.3, -0.25) is 4.79 Å². The first kappa shape index (κ1) is 10.9. The second-order valence-electron chi connectivity index (χ2n) is 5.75. The summed E-state index contributed by atoms with van der Waals surface area (Å²) in [6.45, 7) is 6.69. The minimum Gasteiger partial charge on any atom is -0.295 e. The van der Waals surface area contributed by atoms with Crippen LogP contribution in [-0.4, -0.2) is 5.78 Å². The lowest BCUT2D eigenvalue weighted by molar-refractivity contribution is -0.116. The summed E-state index contributed by atoms with van der Waals surface area (Å²) < 4.78 is 0. The predicted molar refractivity (Wildman–Crippen MR) is 62.7 cm³/mol. The first-order chi connectivity index (χ1) is 7.06. The number of carbonyl (C=O) groups excluding carboxylic acids is 1. The monoisotopic (exact) mass is 206 g/mol. The van der Waals surface area contributed by atoms with E-state index in [9.17, 15) is 4.79 Å². The molecular formula is C14H22O. The maximum atomic E-state index is 12.0. The molecule has 0 heterocycles. The molecule has 0 spiro atoms. The highest BCUT2D eigenvalue weighted by Crippen LogP contribution is 2.51. The molecule has 0 saturated carbocycles. The summed E-state index contributed by atoms with van der Waals surface area (Å²) in [4.78, 5) is 12.0. The molecule has 0 aromatic heterocycles. The van der Waals surface area contributed by atoms with Crippen LogP contribution in [0.5, 0.6) is 0 Å². The molecule has 1 unspecified atom stereocenters. The summed E-state index contributed by atoms with van der Waals surface area (Å²) in [7, 11) is 0. The fourth-order valence-electron chi connectivity index (χ4n) is 3.27. The fraction of sp³-hybridized carbons (Fsp3) is 0.786. The number of Topliss-reactive ketones (excluding diaryl/α,β-unsaturated/α-hetero) is 1. The van der Waals surface area contributed by atoms with Gasteiger partial charge in [-0.05, 0) is 30.6 Å². The molecule has 0 fully saturated rings. The Kier molecular flexibility index (Phi) is 2.74. The molecule has 0 aliphatic heterocycles. The lowest BCUT2D eigenvalue weighted by Crippen LogP contribution is -2.15. The molecule has 0 bridgehead atoms. The van der Waals surface area contributed by atoms with Crippen molar-refractivity contribution in [1.82, 2.24) is 0 Å². The van der Waals surface area contributed by atoms with Crippen LogP contribution in [-0.2, 0) is 4.79 Å². The summed E-state index contributed by atoms with van der Waals surface area (Å²) >= 11 is 0. The van der Waals surface area contributed by atoms with E-state index in [4.69, 9.17) is 0 Å². The number of rotatable bonds is 3. The van der Waals surface area contributed by atoms with Crippen molar-refractivity contribution in [2.45, 2.75) is 59.3 Å². The van der Waals surface area contributed by atoms with Gasteiger partial charge in [0.2, 0.25) is 0 Å². The largest absolute Gasteiger partial charge is 0.295 e. The van der Waals surface area contributed by atoms with E-state index in [1.54, 1.807) is 0 Å². The topological polar surface area (TPSA) is 17.1 Å². The van der Waals surface area contributed by atoms with E-state index in [1.807, 2.05) is 0 Å². The van der Waals surface area contributed by atoms with E-state index in [1.165, 1.54) is 43.3 Å². The van der Waals surface area contributed by atoms with Crippen LogP contribution in [0.3, 0.4) is 0 Å². The zero-order valence-electron chi connectivity index (χ0n) is 10.2. The quantitative estimate of drug-likeness (QED) is 0.685. The number of allylic oxidation sites excluding steroid dienone is 2. The third kappa shape index (κ3) is 1.77. The maximum Gasteiger partial charge on any atom is 0.159 e. The van der Waals surface area contributed by atoms with Gasteiger partial charge in [-0.25, -0.2) is 0 Å². The maximum absolute atomic E-state index is 12.0. The molecule has 1 heteroatoms. The smallest absolute Gasteiger partial charge is 0.159 e. The highest BCUT2D eigenvalue weighted by Gasteiger charge is 2.43. The van der Waals surface area contributed by atoms with Crippen molar-refractivity contribution in [1.29, 1.82) is 0 Å². The van der Waals surface area contributed by atoms with Gasteiger partial charge in [-0.1, -0.05) is 39.2 Å². The third-order valence-electron chi connectivity index (χ3n) is 4.13. The Morgan fingerprint density at radius 3 is 2.80 bits per heavy atom. The van der Waals surface area contributed by atoms with Crippen LogP contribution in [0, 0.1) is 11.3 Å². The zero-order chi connectivity index (χ0) is 11.1. The van der Waals surface area contributed by atoms with Crippen molar-refractivity contribution in [3.8, 4) is 0 Å². The molecule has 1 atom stereocenters. The summed E-state index contributed by atoms with van der Waals surface area (Å²) in [6, 6.07) is 0. The van der Waals surface area contributed by atoms with Crippen LogP contribution in [0.15, 0.2) is 11.1 Å². The number of unbranched alkanes of at least 4 members (excludes halogenated alkanes) is 1. The first-order valence-corrected chi connectivity index (χ1v) is 6.33. The molecule has 2 aliphatic rings. The van der Waals surface area contributed by atoms with Gasteiger partial charge in [0.1, 0.15) is 0 Å². The lowest BCUT2D eigenvalue weighted by Gasteiger charge is -2.19. The molecular weight excluding hydrogens is 184 g/mol. The molecule has 84 valence electrons. The van der Waals surface area contributed by atoms with Gasteiger partial charge in [0.25, 0.3) is 0 Å². The Morgan fingerprint density at radius 2 is 2.13 bits per heavy atom. The van der Waals surface area contributed by atoms with Crippen LogP contribution in [0.4, 0.5) is 0 Å². The highest BCUT2D eigenvalue weighted by atomic mass is 16.1. The van der Waals surface area contributed by atoms with Gasteiger partial charge in [0.15, 0.2) is 5.78 Å². The molecule has 15 heavy (non-hydrogen) atoms. The molecule has 1 nitrogen and oxygen atoms in total. The van der Waals surface area contributed by atoms with Gasteiger partial charge in [-0.15, -0.1) is 0 Å². The van der Waals surface area contributed by atoms with Crippen molar-refractivity contribution in [2.24, 2.45) is 11.3 Å². The van der Waals surface area contributed by atoms with Gasteiger partial charge < -0.3 is 0 Å². The Bertz CT molecular complexity index is 309. The Balaban J connectivity index is 2.18. The van der Waals surface area contributed by atoms with E-state index >= 15 is 0 Å². The minimum absolute atomic E-state index is 0.174. The number of hydrogen-bond acceptors (Lipinski definition) is 1. The van der Waals surface area contributed by atoms with E-state index < -0.39 is 0 Å². The van der Waals surface area contributed by atoms with Gasteiger partial charge in [0, 0.05) is 12.0 Å². The van der Waals surface area contributed by atoms with Crippen LogP contribution < -0.4 is 0 Å². The molecule has 0 aromatic rings. The van der Waals surface area contributed by atoms with Crippen LogP contribution in [0.25, 0.3) is 0 Å². The van der Waals surface area contributed by atoms with E-state index in [0.29, 0.717) is 11.7 Å². The molecule has 0 radical (unpaired) electrons. The third-order valence-corrected chi connectivity index (χ3v) is 4.13. The zero-order valence-corrected chi connectivity index (χ0v) is 10.2. The SMILES string of the molecule is CCCCC1CC(=O)C2=C1CCC2(C)C. The van der Waals surface area contributed by atoms with Crippen molar-refractivity contribution in [2.75, 3.05) is 0 Å². The van der Waals surface area contributed by atoms with E-state index in [2.05, 4.69) is 20.8 Å². The van der Waals surface area contributed by atoms with Gasteiger partial charge in [-0.2, -0.15) is 0 Å². The van der Waals surface area contributed by atoms with Crippen LogP contribution in [0.2, 0.25) is 0 Å². The number of carbonyl (C=O) groups is 1. The average molecular weight is 206 g/mol. The summed E-state index contributed by atoms with van der Waals surface area (Å²) in [5, 5.41) is 0. The highest BCUT2D eigenvalue weighted by molar-refractivity contribution is 6.01. The lowest BCUT2D eigenvalue weighted by atomic mass is 9.84. The number of ketones is 1. The van der Waals surface area contributed by atoms with Crippen molar-refractivity contribution >= 4 is 5.78 Å². The standard InChI is InChI=1S/C14H22O/c1-4-5-6-10-9-12(15)13-11(10)7-8-14(13,2)3/h10H,4-9H2,1-3H3. The van der Waals surface area contributed by atoms with Crippen LogP contribution >= 0.6 is 0 Å². The molecule has 2 aliphatic carbocycles. The first-order valence-electron chi connectivity index (χ1n) is 6.33. The second-order valence-corrected chi connectivity index (χ2v) is 5.75. The van der Waals surface area contributed by atoms with E-state index in [0.717, 1.165) is 6.42 Å². The number of hydrogen-bond donors (Lipinski definition) is 0. The fourth-order valence-corrected chi connectivity index (χ4v) is 3.27. The van der Waals surface area contributed by atoms with Gasteiger partial charge >= 0.3 is 0 Å². The normalized spacial score (nSPS) is 28.7. The van der Waals surface area contributed by atoms with Crippen molar-refractivity contribution in [3.63, 3.8) is 0 Å². The average Bonchev–Trinajstić information content (AvgIpc) is 2.64. The Morgan fingerprint density at radius 1 is 1.40 bits per heavy atom. The van der Waals surface area contributed by atoms with Crippen molar-refractivity contribution in [3.05, 3.63) is 11.1 Å². The van der Waals surface area contributed by atoms with Crippen molar-refractivity contribution < 1.29 is 4.79 Å². The minimum atomic E-state index is 0.174.